The predicted octanol–water partition coefficient (Wildman–Crippen LogP) is 2.69. The molecule has 8 heteroatoms. The highest BCUT2D eigenvalue weighted by Gasteiger charge is 2.32. The average molecular weight is 323 g/mol. The van der Waals surface area contributed by atoms with Crippen molar-refractivity contribution in [1.82, 2.24) is 4.98 Å². The van der Waals surface area contributed by atoms with Crippen LogP contribution in [0, 0.1) is 5.92 Å². The minimum absolute atomic E-state index is 0.0310. The third-order valence-corrected chi connectivity index (χ3v) is 5.02. The van der Waals surface area contributed by atoms with E-state index in [0.717, 1.165) is 25.1 Å². The van der Waals surface area contributed by atoms with Crippen LogP contribution in [0.5, 0.6) is 0 Å². The summed E-state index contributed by atoms with van der Waals surface area (Å²) in [6.45, 7) is 0.475. The number of alkyl halides is 3. The predicted molar refractivity (Wildman–Crippen MR) is 69.5 cm³/mol. The number of halogens is 3. The van der Waals surface area contributed by atoms with Gasteiger partial charge < -0.3 is 4.74 Å². The maximum absolute atomic E-state index is 12.5. The third kappa shape index (κ3) is 4.41. The quantitative estimate of drug-likeness (QED) is 0.755. The van der Waals surface area contributed by atoms with E-state index in [2.05, 4.69) is 4.98 Å². The molecule has 0 N–H and O–H groups in total. The zero-order valence-electron chi connectivity index (χ0n) is 11.3. The topological polar surface area (TPSA) is 56.3 Å². The zero-order chi connectivity index (χ0) is 15.5. The van der Waals surface area contributed by atoms with Crippen LogP contribution in [0.4, 0.5) is 13.2 Å². The Morgan fingerprint density at radius 1 is 1.33 bits per heavy atom. The lowest BCUT2D eigenvalue weighted by Gasteiger charge is -2.24. The maximum Gasteiger partial charge on any atom is 0.416 e. The van der Waals surface area contributed by atoms with E-state index in [1.165, 1.54) is 6.42 Å². The second-order valence-electron chi connectivity index (χ2n) is 5.07. The number of rotatable bonds is 6. The van der Waals surface area contributed by atoms with Crippen LogP contribution in [0.15, 0.2) is 23.4 Å². The van der Waals surface area contributed by atoms with Gasteiger partial charge in [-0.3, -0.25) is 0 Å². The SMILES string of the molecule is O=S(=O)(CCOCC1CCC1)c1cc(C(F)(F)F)ccn1. The molecule has 0 saturated heterocycles. The molecule has 0 radical (unpaired) electrons. The summed E-state index contributed by atoms with van der Waals surface area (Å²) in [4.78, 5) is 3.52. The molecule has 1 aromatic rings. The van der Waals surface area contributed by atoms with Crippen LogP contribution in [0.25, 0.3) is 0 Å². The van der Waals surface area contributed by atoms with Crippen LogP contribution in [-0.4, -0.2) is 32.4 Å². The molecule has 4 nitrogen and oxygen atoms in total. The summed E-state index contributed by atoms with van der Waals surface area (Å²) in [5.74, 6) is 0.119. The van der Waals surface area contributed by atoms with Gasteiger partial charge in [-0.25, -0.2) is 13.4 Å². The van der Waals surface area contributed by atoms with Gasteiger partial charge in [0.25, 0.3) is 0 Å². The van der Waals surface area contributed by atoms with Crippen LogP contribution >= 0.6 is 0 Å². The average Bonchev–Trinajstić information content (AvgIpc) is 2.35. The van der Waals surface area contributed by atoms with Crippen LogP contribution in [0.3, 0.4) is 0 Å². The Labute approximate surface area is 121 Å². The molecule has 0 bridgehead atoms. The molecule has 0 amide bonds. The summed E-state index contributed by atoms with van der Waals surface area (Å²) in [5.41, 5.74) is -1.02. The lowest BCUT2D eigenvalue weighted by Crippen LogP contribution is -2.21. The molecular weight excluding hydrogens is 307 g/mol. The van der Waals surface area contributed by atoms with Gasteiger partial charge in [-0.15, -0.1) is 0 Å². The van der Waals surface area contributed by atoms with E-state index in [9.17, 15) is 21.6 Å². The molecule has 21 heavy (non-hydrogen) atoms. The van der Waals surface area contributed by atoms with Crippen molar-refractivity contribution < 1.29 is 26.3 Å². The summed E-state index contributed by atoms with van der Waals surface area (Å²) in [5, 5.41) is -0.565. The summed E-state index contributed by atoms with van der Waals surface area (Å²) >= 11 is 0. The highest BCUT2D eigenvalue weighted by Crippen LogP contribution is 2.30. The molecular formula is C13H16F3NO3S. The van der Waals surface area contributed by atoms with Crippen molar-refractivity contribution in [3.63, 3.8) is 0 Å². The standard InChI is InChI=1S/C13H16F3NO3S/c14-13(15,16)11-4-5-17-12(8-11)21(18,19)7-6-20-9-10-2-1-3-10/h4-5,8,10H,1-3,6-7,9H2. The summed E-state index contributed by atoms with van der Waals surface area (Å²) in [6.07, 6.45) is -0.400. The Bertz CT molecular complexity index is 583. The molecule has 2 rings (SSSR count). The Kier molecular flexibility index (Phi) is 4.88. The van der Waals surface area contributed by atoms with Crippen LogP contribution in [0.2, 0.25) is 0 Å². The van der Waals surface area contributed by atoms with Gasteiger partial charge in [0.15, 0.2) is 14.9 Å². The van der Waals surface area contributed by atoms with Crippen LogP contribution in [0.1, 0.15) is 24.8 Å². The number of pyridine rings is 1. The van der Waals surface area contributed by atoms with Crippen LogP contribution in [-0.2, 0) is 20.8 Å². The van der Waals surface area contributed by atoms with Gasteiger partial charge in [-0.2, -0.15) is 13.2 Å². The fourth-order valence-electron chi connectivity index (χ4n) is 1.94. The van der Waals surface area contributed by atoms with Gasteiger partial charge in [0.2, 0.25) is 0 Å². The van der Waals surface area contributed by atoms with Gasteiger partial charge in [-0.05, 0) is 30.9 Å². The third-order valence-electron chi connectivity index (χ3n) is 3.46. The fourth-order valence-corrected chi connectivity index (χ4v) is 3.01. The normalized spacial score (nSPS) is 16.7. The Morgan fingerprint density at radius 2 is 2.05 bits per heavy atom. The molecule has 118 valence electrons. The first kappa shape index (κ1) is 16.2. The fraction of sp³-hybridized carbons (Fsp3) is 0.615. The second-order valence-corrected chi connectivity index (χ2v) is 7.13. The van der Waals surface area contributed by atoms with Gasteiger partial charge in [-0.1, -0.05) is 6.42 Å². The van der Waals surface area contributed by atoms with Crippen molar-refractivity contribution in [2.45, 2.75) is 30.5 Å². The van der Waals surface area contributed by atoms with E-state index >= 15 is 0 Å². The van der Waals surface area contributed by atoms with E-state index in [0.29, 0.717) is 18.6 Å². The smallest absolute Gasteiger partial charge is 0.380 e. The lowest BCUT2D eigenvalue weighted by atomic mass is 9.86. The maximum atomic E-state index is 12.5. The molecule has 0 atom stereocenters. The van der Waals surface area contributed by atoms with E-state index in [4.69, 9.17) is 4.74 Å². The second kappa shape index (κ2) is 6.31. The summed E-state index contributed by atoms with van der Waals surface area (Å²) < 4.78 is 66.8. The molecule has 1 aliphatic carbocycles. The zero-order valence-corrected chi connectivity index (χ0v) is 12.1. The minimum atomic E-state index is -4.59. The number of hydrogen-bond acceptors (Lipinski definition) is 4. The van der Waals surface area contributed by atoms with Crippen molar-refractivity contribution in [2.75, 3.05) is 19.0 Å². The molecule has 1 saturated carbocycles. The van der Waals surface area contributed by atoms with Crippen molar-refractivity contribution in [1.29, 1.82) is 0 Å². The molecule has 0 aromatic carbocycles. The largest absolute Gasteiger partial charge is 0.416 e. The minimum Gasteiger partial charge on any atom is -0.380 e. The van der Waals surface area contributed by atoms with Gasteiger partial charge in [0.1, 0.15) is 0 Å². The number of nitrogens with zero attached hydrogens (tertiary/aromatic N) is 1. The highest BCUT2D eigenvalue weighted by molar-refractivity contribution is 7.91. The van der Waals surface area contributed by atoms with E-state index in [-0.39, 0.29) is 12.4 Å². The summed E-state index contributed by atoms with van der Waals surface area (Å²) in [6, 6.07) is 1.30. The number of aromatic nitrogens is 1. The molecule has 0 aliphatic heterocycles. The molecule has 0 spiro atoms. The van der Waals surface area contributed by atoms with Gasteiger partial charge >= 0.3 is 6.18 Å². The van der Waals surface area contributed by atoms with E-state index in [1.807, 2.05) is 0 Å². The molecule has 1 heterocycles. The number of ether oxygens (including phenoxy) is 1. The van der Waals surface area contributed by atoms with Crippen molar-refractivity contribution in [3.8, 4) is 0 Å². The molecule has 0 unspecified atom stereocenters. The Morgan fingerprint density at radius 3 is 2.62 bits per heavy atom. The first-order valence-corrected chi connectivity index (χ1v) is 8.28. The van der Waals surface area contributed by atoms with Crippen molar-refractivity contribution in [3.05, 3.63) is 23.9 Å². The molecule has 1 aromatic heterocycles. The lowest BCUT2D eigenvalue weighted by molar-refractivity contribution is -0.137. The molecule has 1 aliphatic rings. The first-order valence-electron chi connectivity index (χ1n) is 6.63. The first-order chi connectivity index (χ1) is 9.79. The monoisotopic (exact) mass is 323 g/mol. The molecule has 1 fully saturated rings. The van der Waals surface area contributed by atoms with Crippen LogP contribution < -0.4 is 0 Å². The number of sulfone groups is 1. The number of hydrogen-bond donors (Lipinski definition) is 0. The summed E-state index contributed by atoms with van der Waals surface area (Å²) in [7, 11) is -3.87. The van der Waals surface area contributed by atoms with E-state index in [1.54, 1.807) is 0 Å². The van der Waals surface area contributed by atoms with Crippen molar-refractivity contribution >= 4 is 9.84 Å². The highest BCUT2D eigenvalue weighted by atomic mass is 32.2. The van der Waals surface area contributed by atoms with Crippen molar-refractivity contribution in [2.24, 2.45) is 5.92 Å². The van der Waals surface area contributed by atoms with E-state index < -0.39 is 26.6 Å². The Hall–Kier alpha value is -1.15. The van der Waals surface area contributed by atoms with Gasteiger partial charge in [0, 0.05) is 12.8 Å². The Balaban J connectivity index is 1.95. The van der Waals surface area contributed by atoms with Gasteiger partial charge in [0.05, 0.1) is 17.9 Å².